The van der Waals surface area contributed by atoms with Gasteiger partial charge >= 0.3 is 0 Å². The van der Waals surface area contributed by atoms with E-state index in [2.05, 4.69) is 45.6 Å². The molecule has 3 rings (SSSR count). The summed E-state index contributed by atoms with van der Waals surface area (Å²) in [5.74, 6) is 0.892. The first-order valence-corrected chi connectivity index (χ1v) is 8.46. The highest BCUT2D eigenvalue weighted by molar-refractivity contribution is 9.10. The molecule has 0 amide bonds. The number of hydrogen-bond acceptors (Lipinski definition) is 3. The molecule has 2 N–H and O–H groups in total. The van der Waals surface area contributed by atoms with Gasteiger partial charge in [-0.05, 0) is 39.7 Å². The van der Waals surface area contributed by atoms with Gasteiger partial charge in [-0.1, -0.05) is 36.4 Å². The van der Waals surface area contributed by atoms with Crippen molar-refractivity contribution in [1.82, 2.24) is 0 Å². The molecule has 2 nitrogen and oxygen atoms in total. The van der Waals surface area contributed by atoms with Gasteiger partial charge in [0.25, 0.3) is 0 Å². The van der Waals surface area contributed by atoms with Crippen LogP contribution in [-0.2, 0) is 6.61 Å². The van der Waals surface area contributed by atoms with Crippen molar-refractivity contribution >= 4 is 38.0 Å². The van der Waals surface area contributed by atoms with Crippen LogP contribution in [0.1, 0.15) is 23.4 Å². The van der Waals surface area contributed by atoms with Crippen LogP contribution in [0.3, 0.4) is 0 Å². The molecule has 1 aromatic heterocycles. The quantitative estimate of drug-likeness (QED) is 0.687. The van der Waals surface area contributed by atoms with Crippen molar-refractivity contribution in [2.45, 2.75) is 19.6 Å². The summed E-state index contributed by atoms with van der Waals surface area (Å²) >= 11 is 5.23. The Kier molecular flexibility index (Phi) is 4.29. The molecule has 0 spiro atoms. The molecule has 21 heavy (non-hydrogen) atoms. The number of fused-ring (bicyclic) bond motifs is 1. The van der Waals surface area contributed by atoms with E-state index < -0.39 is 0 Å². The van der Waals surface area contributed by atoms with Crippen molar-refractivity contribution in [3.05, 3.63) is 62.8 Å². The standard InChI is InChI=1S/C17H16BrNOS/c1-11(19)13-7-6-12-4-2-3-5-14(12)17(13)20-10-16-15(18)8-9-21-16/h2-9,11H,10,19H2,1H3. The summed E-state index contributed by atoms with van der Waals surface area (Å²) in [6.07, 6.45) is 0. The lowest BCUT2D eigenvalue weighted by molar-refractivity contribution is 0.308. The van der Waals surface area contributed by atoms with Gasteiger partial charge in [-0.15, -0.1) is 11.3 Å². The molecular weight excluding hydrogens is 346 g/mol. The summed E-state index contributed by atoms with van der Waals surface area (Å²) in [5.41, 5.74) is 7.14. The Bertz CT molecular complexity index is 766. The van der Waals surface area contributed by atoms with E-state index in [1.807, 2.05) is 25.1 Å². The van der Waals surface area contributed by atoms with Crippen LogP contribution in [0.15, 0.2) is 52.3 Å². The van der Waals surface area contributed by atoms with Crippen molar-refractivity contribution in [2.75, 3.05) is 0 Å². The molecule has 0 saturated heterocycles. The van der Waals surface area contributed by atoms with E-state index in [-0.39, 0.29) is 6.04 Å². The third-order valence-corrected chi connectivity index (χ3v) is 5.34. The van der Waals surface area contributed by atoms with Crippen LogP contribution in [0.2, 0.25) is 0 Å². The summed E-state index contributed by atoms with van der Waals surface area (Å²) in [7, 11) is 0. The van der Waals surface area contributed by atoms with Gasteiger partial charge in [0.15, 0.2) is 0 Å². The maximum Gasteiger partial charge on any atom is 0.132 e. The minimum Gasteiger partial charge on any atom is -0.487 e. The second-order valence-electron chi connectivity index (χ2n) is 4.97. The van der Waals surface area contributed by atoms with Gasteiger partial charge in [0.1, 0.15) is 12.4 Å². The first-order chi connectivity index (χ1) is 10.2. The third kappa shape index (κ3) is 2.98. The van der Waals surface area contributed by atoms with Crippen molar-refractivity contribution in [3.63, 3.8) is 0 Å². The lowest BCUT2D eigenvalue weighted by Crippen LogP contribution is -2.08. The highest BCUT2D eigenvalue weighted by atomic mass is 79.9. The molecule has 3 aromatic rings. The maximum atomic E-state index is 6.14. The van der Waals surface area contributed by atoms with E-state index in [1.165, 1.54) is 10.3 Å². The van der Waals surface area contributed by atoms with E-state index in [1.54, 1.807) is 11.3 Å². The van der Waals surface area contributed by atoms with E-state index in [9.17, 15) is 0 Å². The molecule has 0 radical (unpaired) electrons. The van der Waals surface area contributed by atoms with Gasteiger partial charge in [0.2, 0.25) is 0 Å². The van der Waals surface area contributed by atoms with Crippen molar-refractivity contribution in [3.8, 4) is 5.75 Å². The zero-order valence-corrected chi connectivity index (χ0v) is 14.1. The highest BCUT2D eigenvalue weighted by Gasteiger charge is 2.13. The fraction of sp³-hybridized carbons (Fsp3) is 0.176. The van der Waals surface area contributed by atoms with Crippen LogP contribution in [0.4, 0.5) is 0 Å². The topological polar surface area (TPSA) is 35.2 Å². The molecule has 108 valence electrons. The van der Waals surface area contributed by atoms with Crippen molar-refractivity contribution in [2.24, 2.45) is 5.73 Å². The van der Waals surface area contributed by atoms with Gasteiger partial charge in [0.05, 0.1) is 4.88 Å². The van der Waals surface area contributed by atoms with Gasteiger partial charge in [-0.3, -0.25) is 0 Å². The Morgan fingerprint density at radius 2 is 2.00 bits per heavy atom. The average Bonchev–Trinajstić information content (AvgIpc) is 2.89. The molecule has 0 fully saturated rings. The maximum absolute atomic E-state index is 6.14. The van der Waals surface area contributed by atoms with Crippen LogP contribution in [-0.4, -0.2) is 0 Å². The lowest BCUT2D eigenvalue weighted by Gasteiger charge is -2.16. The first-order valence-electron chi connectivity index (χ1n) is 6.78. The van der Waals surface area contributed by atoms with E-state index in [0.717, 1.165) is 21.2 Å². The Morgan fingerprint density at radius 3 is 2.71 bits per heavy atom. The Balaban J connectivity index is 2.02. The van der Waals surface area contributed by atoms with Crippen molar-refractivity contribution in [1.29, 1.82) is 0 Å². The highest BCUT2D eigenvalue weighted by Crippen LogP contribution is 2.34. The number of benzene rings is 2. The molecule has 0 saturated carbocycles. The minimum atomic E-state index is -0.0589. The molecular formula is C17H16BrNOS. The third-order valence-electron chi connectivity index (χ3n) is 3.44. The van der Waals surface area contributed by atoms with Crippen LogP contribution in [0.25, 0.3) is 10.8 Å². The second-order valence-corrected chi connectivity index (χ2v) is 6.83. The zero-order chi connectivity index (χ0) is 14.8. The Labute approximate surface area is 136 Å². The van der Waals surface area contributed by atoms with Gasteiger partial charge in [-0.2, -0.15) is 0 Å². The summed E-state index contributed by atoms with van der Waals surface area (Å²) < 4.78 is 7.23. The number of ether oxygens (including phenoxy) is 1. The fourth-order valence-electron chi connectivity index (χ4n) is 2.35. The largest absolute Gasteiger partial charge is 0.487 e. The Morgan fingerprint density at radius 1 is 1.19 bits per heavy atom. The molecule has 1 unspecified atom stereocenters. The molecule has 4 heteroatoms. The monoisotopic (exact) mass is 361 g/mol. The molecule has 0 bridgehead atoms. The summed E-state index contributed by atoms with van der Waals surface area (Å²) in [4.78, 5) is 1.18. The zero-order valence-electron chi connectivity index (χ0n) is 11.7. The summed E-state index contributed by atoms with van der Waals surface area (Å²) in [6, 6.07) is 14.4. The van der Waals surface area contributed by atoms with Crippen LogP contribution < -0.4 is 10.5 Å². The fourth-order valence-corrected chi connectivity index (χ4v) is 3.72. The number of halogens is 1. The number of nitrogens with two attached hydrogens (primary N) is 1. The van der Waals surface area contributed by atoms with Crippen LogP contribution >= 0.6 is 27.3 Å². The predicted molar refractivity (Wildman–Crippen MR) is 92.9 cm³/mol. The van der Waals surface area contributed by atoms with Gasteiger partial charge in [0, 0.05) is 21.5 Å². The molecule has 0 aliphatic carbocycles. The first kappa shape index (κ1) is 14.6. The normalized spacial score (nSPS) is 12.5. The molecule has 2 aromatic carbocycles. The molecule has 0 aliphatic heterocycles. The van der Waals surface area contributed by atoms with E-state index >= 15 is 0 Å². The number of hydrogen-bond donors (Lipinski definition) is 1. The predicted octanol–water partition coefficient (Wildman–Crippen LogP) is 5.26. The second kappa shape index (κ2) is 6.18. The SMILES string of the molecule is CC(N)c1ccc2ccccc2c1OCc1sccc1Br. The summed E-state index contributed by atoms with van der Waals surface area (Å²) in [5, 5.41) is 4.33. The number of thiophene rings is 1. The molecule has 1 atom stereocenters. The van der Waals surface area contributed by atoms with E-state index in [0.29, 0.717) is 6.61 Å². The van der Waals surface area contributed by atoms with Gasteiger partial charge < -0.3 is 10.5 Å². The van der Waals surface area contributed by atoms with E-state index in [4.69, 9.17) is 10.5 Å². The van der Waals surface area contributed by atoms with Gasteiger partial charge in [-0.25, -0.2) is 0 Å². The molecule has 0 aliphatic rings. The number of rotatable bonds is 4. The average molecular weight is 362 g/mol. The lowest BCUT2D eigenvalue weighted by atomic mass is 10.0. The Hall–Kier alpha value is -1.36. The van der Waals surface area contributed by atoms with Crippen LogP contribution in [0, 0.1) is 0 Å². The molecule has 1 heterocycles. The van der Waals surface area contributed by atoms with Crippen molar-refractivity contribution < 1.29 is 4.74 Å². The summed E-state index contributed by atoms with van der Waals surface area (Å²) in [6.45, 7) is 2.53. The minimum absolute atomic E-state index is 0.0589. The smallest absolute Gasteiger partial charge is 0.132 e. The van der Waals surface area contributed by atoms with Crippen LogP contribution in [0.5, 0.6) is 5.75 Å².